The Morgan fingerprint density at radius 3 is 2.00 bits per heavy atom. The van der Waals surface area contributed by atoms with E-state index >= 15 is 0 Å². The number of hydrogen-bond donors (Lipinski definition) is 0. The Morgan fingerprint density at radius 2 is 1.35 bits per heavy atom. The van der Waals surface area contributed by atoms with E-state index < -0.39 is 0 Å². The zero-order chi connectivity index (χ0) is 18.2. The van der Waals surface area contributed by atoms with E-state index in [-0.39, 0.29) is 5.97 Å². The van der Waals surface area contributed by atoms with Crippen LogP contribution in [0.2, 0.25) is 0 Å². The molecule has 0 spiro atoms. The van der Waals surface area contributed by atoms with E-state index in [4.69, 9.17) is 4.74 Å². The summed E-state index contributed by atoms with van der Waals surface area (Å²) < 4.78 is 4.95. The Morgan fingerprint density at radius 1 is 0.769 bits per heavy atom. The van der Waals surface area contributed by atoms with Crippen LogP contribution < -0.4 is 0 Å². The molecule has 0 fully saturated rings. The van der Waals surface area contributed by atoms with E-state index in [9.17, 15) is 4.79 Å². The zero-order valence-corrected chi connectivity index (χ0v) is 14.6. The lowest BCUT2D eigenvalue weighted by atomic mass is 9.93. The summed E-state index contributed by atoms with van der Waals surface area (Å²) in [6.45, 7) is 0. The Balaban J connectivity index is 2.07. The van der Waals surface area contributed by atoms with Crippen molar-refractivity contribution in [3.8, 4) is 0 Å². The fourth-order valence-electron chi connectivity index (χ4n) is 2.78. The molecule has 3 aromatic rings. The molecule has 0 saturated heterocycles. The maximum absolute atomic E-state index is 12.2. The van der Waals surface area contributed by atoms with Gasteiger partial charge in [0.15, 0.2) is 0 Å². The Kier molecular flexibility index (Phi) is 5.79. The lowest BCUT2D eigenvalue weighted by molar-refractivity contribution is 0.0600. The molecule has 2 nitrogen and oxygen atoms in total. The van der Waals surface area contributed by atoms with Gasteiger partial charge < -0.3 is 4.74 Å². The van der Waals surface area contributed by atoms with Crippen molar-refractivity contribution in [3.05, 3.63) is 119 Å². The Labute approximate surface area is 154 Å². The van der Waals surface area contributed by atoms with Gasteiger partial charge >= 0.3 is 5.97 Å². The van der Waals surface area contributed by atoms with Gasteiger partial charge in [0, 0.05) is 0 Å². The summed E-state index contributed by atoms with van der Waals surface area (Å²) in [6, 6.07) is 27.7. The number of rotatable bonds is 5. The van der Waals surface area contributed by atoms with E-state index in [0.29, 0.717) is 5.56 Å². The monoisotopic (exact) mass is 340 g/mol. The van der Waals surface area contributed by atoms with Crippen LogP contribution in [-0.2, 0) is 4.74 Å². The van der Waals surface area contributed by atoms with Gasteiger partial charge in [-0.05, 0) is 28.3 Å². The van der Waals surface area contributed by atoms with Crippen molar-refractivity contribution in [1.82, 2.24) is 0 Å². The smallest absolute Gasteiger partial charge is 0.338 e. The Bertz CT molecular complexity index is 923. The van der Waals surface area contributed by atoms with E-state index in [0.717, 1.165) is 22.3 Å². The molecule has 3 rings (SSSR count). The van der Waals surface area contributed by atoms with Crippen LogP contribution in [0.15, 0.2) is 97.1 Å². The number of carbonyl (C=O) groups excluding carboxylic acids is 1. The molecular formula is C24H20O2. The SMILES string of the molecule is COC(=O)c1ccccc1C(=CC=Cc1ccccc1)c1ccccc1. The third-order valence-electron chi connectivity index (χ3n) is 4.06. The molecule has 0 aliphatic rings. The second-order valence-electron chi connectivity index (χ2n) is 5.75. The lowest BCUT2D eigenvalue weighted by Crippen LogP contribution is -2.05. The van der Waals surface area contributed by atoms with Gasteiger partial charge in [-0.25, -0.2) is 4.79 Å². The maximum Gasteiger partial charge on any atom is 0.338 e. The number of ether oxygens (including phenoxy) is 1. The molecule has 0 atom stereocenters. The van der Waals surface area contributed by atoms with Gasteiger partial charge in [-0.3, -0.25) is 0 Å². The van der Waals surface area contributed by atoms with Crippen molar-refractivity contribution >= 4 is 17.6 Å². The fourth-order valence-corrected chi connectivity index (χ4v) is 2.78. The van der Waals surface area contributed by atoms with E-state index in [1.54, 1.807) is 6.07 Å². The normalized spacial score (nSPS) is 11.5. The van der Waals surface area contributed by atoms with Crippen molar-refractivity contribution in [2.45, 2.75) is 0 Å². The molecular weight excluding hydrogens is 320 g/mol. The fraction of sp³-hybridized carbons (Fsp3) is 0.0417. The van der Waals surface area contributed by atoms with Gasteiger partial charge in [0.05, 0.1) is 12.7 Å². The molecule has 0 N–H and O–H groups in total. The van der Waals surface area contributed by atoms with Gasteiger partial charge in [-0.1, -0.05) is 97.1 Å². The molecule has 0 unspecified atom stereocenters. The minimum absolute atomic E-state index is 0.338. The first-order valence-electron chi connectivity index (χ1n) is 8.46. The lowest BCUT2D eigenvalue weighted by Gasteiger charge is -2.12. The largest absolute Gasteiger partial charge is 0.465 e. The molecule has 0 aliphatic heterocycles. The third kappa shape index (κ3) is 4.17. The first-order chi connectivity index (χ1) is 12.8. The summed E-state index contributed by atoms with van der Waals surface area (Å²) in [7, 11) is 1.40. The van der Waals surface area contributed by atoms with Crippen molar-refractivity contribution < 1.29 is 9.53 Å². The van der Waals surface area contributed by atoms with Gasteiger partial charge in [-0.2, -0.15) is 0 Å². The van der Waals surface area contributed by atoms with Crippen LogP contribution in [0.4, 0.5) is 0 Å². The van der Waals surface area contributed by atoms with Crippen LogP contribution in [0, 0.1) is 0 Å². The van der Waals surface area contributed by atoms with Crippen molar-refractivity contribution in [1.29, 1.82) is 0 Å². The summed E-state index contributed by atoms with van der Waals surface area (Å²) in [5.74, 6) is -0.338. The van der Waals surface area contributed by atoms with Crippen LogP contribution in [0.1, 0.15) is 27.0 Å². The van der Waals surface area contributed by atoms with Crippen LogP contribution in [0.5, 0.6) is 0 Å². The zero-order valence-electron chi connectivity index (χ0n) is 14.6. The Hall–Kier alpha value is -3.39. The maximum atomic E-state index is 12.2. The molecule has 128 valence electrons. The van der Waals surface area contributed by atoms with Crippen molar-refractivity contribution in [3.63, 3.8) is 0 Å². The average Bonchev–Trinajstić information content (AvgIpc) is 2.72. The first kappa shape index (κ1) is 17.4. The molecule has 0 aliphatic carbocycles. The highest BCUT2D eigenvalue weighted by atomic mass is 16.5. The number of benzene rings is 3. The van der Waals surface area contributed by atoms with E-state index in [2.05, 4.69) is 12.1 Å². The van der Waals surface area contributed by atoms with Gasteiger partial charge in [0.1, 0.15) is 0 Å². The molecule has 26 heavy (non-hydrogen) atoms. The molecule has 2 heteroatoms. The summed E-state index contributed by atoms with van der Waals surface area (Å²) >= 11 is 0. The van der Waals surface area contributed by atoms with Crippen LogP contribution in [-0.4, -0.2) is 13.1 Å². The molecule has 0 amide bonds. The second kappa shape index (κ2) is 8.63. The minimum atomic E-state index is -0.338. The number of esters is 1. The number of carbonyl (C=O) groups is 1. The van der Waals surface area contributed by atoms with Gasteiger partial charge in [0.25, 0.3) is 0 Å². The highest BCUT2D eigenvalue weighted by Gasteiger charge is 2.15. The molecule has 0 aromatic heterocycles. The average molecular weight is 340 g/mol. The first-order valence-corrected chi connectivity index (χ1v) is 8.46. The minimum Gasteiger partial charge on any atom is -0.465 e. The van der Waals surface area contributed by atoms with Crippen LogP contribution in [0.3, 0.4) is 0 Å². The van der Waals surface area contributed by atoms with E-state index in [1.807, 2.05) is 85.0 Å². The topological polar surface area (TPSA) is 26.3 Å². The standard InChI is InChI=1S/C24H20O2/c1-26-24(25)23-17-9-8-16-22(23)21(20-14-6-3-7-15-20)18-10-13-19-11-4-2-5-12-19/h2-18H,1H3. The highest BCUT2D eigenvalue weighted by Crippen LogP contribution is 2.27. The third-order valence-corrected chi connectivity index (χ3v) is 4.06. The highest BCUT2D eigenvalue weighted by molar-refractivity contribution is 5.98. The summed E-state index contributed by atoms with van der Waals surface area (Å²) in [4.78, 5) is 12.2. The van der Waals surface area contributed by atoms with Gasteiger partial charge in [-0.15, -0.1) is 0 Å². The number of methoxy groups -OCH3 is 1. The molecule has 0 radical (unpaired) electrons. The van der Waals surface area contributed by atoms with Gasteiger partial charge in [0.2, 0.25) is 0 Å². The predicted octanol–water partition coefficient (Wildman–Crippen LogP) is 5.62. The molecule has 0 bridgehead atoms. The summed E-state index contributed by atoms with van der Waals surface area (Å²) in [5, 5.41) is 0. The van der Waals surface area contributed by atoms with Crippen LogP contribution in [0.25, 0.3) is 11.6 Å². The summed E-state index contributed by atoms with van der Waals surface area (Å²) in [5.41, 5.74) is 4.54. The molecule has 3 aromatic carbocycles. The van der Waals surface area contributed by atoms with Crippen molar-refractivity contribution in [2.75, 3.05) is 7.11 Å². The van der Waals surface area contributed by atoms with Crippen molar-refractivity contribution in [2.24, 2.45) is 0 Å². The summed E-state index contributed by atoms with van der Waals surface area (Å²) in [6.07, 6.45) is 6.08. The predicted molar refractivity (Wildman–Crippen MR) is 107 cm³/mol. The number of hydrogen-bond acceptors (Lipinski definition) is 2. The van der Waals surface area contributed by atoms with Crippen LogP contribution >= 0.6 is 0 Å². The molecule has 0 heterocycles. The second-order valence-corrected chi connectivity index (χ2v) is 5.75. The number of allylic oxidation sites excluding steroid dienone is 2. The molecule has 0 saturated carbocycles. The van der Waals surface area contributed by atoms with E-state index in [1.165, 1.54) is 7.11 Å². The quantitative estimate of drug-likeness (QED) is 0.445.